The molecule has 0 aliphatic heterocycles. The molecule has 0 fully saturated rings. The number of rotatable bonds is 3. The van der Waals surface area contributed by atoms with Gasteiger partial charge in [0.2, 0.25) is 0 Å². The minimum Gasteiger partial charge on any atom is -0.480 e. The zero-order valence-electron chi connectivity index (χ0n) is 9.19. The summed E-state index contributed by atoms with van der Waals surface area (Å²) in [5.41, 5.74) is 2.11. The van der Waals surface area contributed by atoms with Gasteiger partial charge in [-0.15, -0.1) is 0 Å². The third-order valence-electron chi connectivity index (χ3n) is 2.41. The van der Waals surface area contributed by atoms with E-state index in [2.05, 4.69) is 10.4 Å². The van der Waals surface area contributed by atoms with Gasteiger partial charge in [0.1, 0.15) is 6.54 Å². The van der Waals surface area contributed by atoms with Crippen LogP contribution in [0, 0.1) is 6.92 Å². The molecule has 5 heteroatoms. The molecule has 16 heavy (non-hydrogen) atoms. The van der Waals surface area contributed by atoms with E-state index in [4.69, 9.17) is 5.11 Å². The summed E-state index contributed by atoms with van der Waals surface area (Å²) in [6.07, 6.45) is 0. The summed E-state index contributed by atoms with van der Waals surface area (Å²) < 4.78 is 1.74. The van der Waals surface area contributed by atoms with E-state index in [-0.39, 0.29) is 6.54 Å². The van der Waals surface area contributed by atoms with Crippen molar-refractivity contribution in [1.29, 1.82) is 0 Å². The number of aryl methyl sites for hydroxylation is 2. The number of carbonyl (C=O) groups is 1. The maximum Gasteiger partial charge on any atom is 0.322 e. The van der Waals surface area contributed by atoms with Crippen molar-refractivity contribution in [2.24, 2.45) is 7.05 Å². The summed E-state index contributed by atoms with van der Waals surface area (Å²) >= 11 is 0. The fourth-order valence-electron chi connectivity index (χ4n) is 1.67. The topological polar surface area (TPSA) is 67.2 Å². The lowest BCUT2D eigenvalue weighted by atomic mass is 10.2. The van der Waals surface area contributed by atoms with E-state index in [0.29, 0.717) is 5.82 Å². The Morgan fingerprint density at radius 2 is 2.31 bits per heavy atom. The highest BCUT2D eigenvalue weighted by atomic mass is 16.4. The van der Waals surface area contributed by atoms with E-state index in [0.717, 1.165) is 16.5 Å². The molecular formula is C11H13N3O2. The number of nitrogens with zero attached hydrogens (tertiary/aromatic N) is 2. The molecule has 1 heterocycles. The Balaban J connectivity index is 2.44. The molecule has 0 saturated heterocycles. The first-order valence-corrected chi connectivity index (χ1v) is 4.97. The third kappa shape index (κ3) is 1.84. The van der Waals surface area contributed by atoms with Gasteiger partial charge >= 0.3 is 5.97 Å². The molecule has 0 unspecified atom stereocenters. The summed E-state index contributed by atoms with van der Waals surface area (Å²) in [6.45, 7) is 1.87. The van der Waals surface area contributed by atoms with E-state index < -0.39 is 5.97 Å². The highest BCUT2D eigenvalue weighted by molar-refractivity contribution is 5.91. The Hall–Kier alpha value is -2.04. The van der Waals surface area contributed by atoms with Gasteiger partial charge in [-0.25, -0.2) is 0 Å². The molecule has 0 amide bonds. The Bertz CT molecular complexity index is 545. The van der Waals surface area contributed by atoms with E-state index in [1.807, 2.05) is 32.2 Å². The number of nitrogens with one attached hydrogen (secondary N) is 1. The highest BCUT2D eigenvalue weighted by Crippen LogP contribution is 2.23. The van der Waals surface area contributed by atoms with Crippen molar-refractivity contribution < 1.29 is 9.90 Å². The van der Waals surface area contributed by atoms with E-state index in [1.54, 1.807) is 4.68 Å². The van der Waals surface area contributed by atoms with Gasteiger partial charge in [0, 0.05) is 12.4 Å². The van der Waals surface area contributed by atoms with Crippen molar-refractivity contribution in [2.45, 2.75) is 6.92 Å². The van der Waals surface area contributed by atoms with Crippen molar-refractivity contribution >= 4 is 22.7 Å². The predicted octanol–water partition coefficient (Wildman–Crippen LogP) is 1.38. The molecule has 0 bridgehead atoms. The molecule has 2 aromatic rings. The highest BCUT2D eigenvalue weighted by Gasteiger charge is 2.08. The molecule has 84 valence electrons. The average Bonchev–Trinajstić information content (AvgIpc) is 2.52. The first-order valence-electron chi connectivity index (χ1n) is 4.97. The molecule has 0 radical (unpaired) electrons. The monoisotopic (exact) mass is 219 g/mol. The molecule has 0 aliphatic rings. The first-order chi connectivity index (χ1) is 7.58. The summed E-state index contributed by atoms with van der Waals surface area (Å²) in [5.74, 6) is -0.282. The second kappa shape index (κ2) is 3.84. The van der Waals surface area contributed by atoms with Crippen molar-refractivity contribution in [3.63, 3.8) is 0 Å². The minimum atomic E-state index is -0.897. The maximum absolute atomic E-state index is 10.5. The second-order valence-corrected chi connectivity index (χ2v) is 3.74. The van der Waals surface area contributed by atoms with Gasteiger partial charge in [-0.3, -0.25) is 9.48 Å². The summed E-state index contributed by atoms with van der Waals surface area (Å²) in [7, 11) is 1.84. The normalized spacial score (nSPS) is 10.6. The van der Waals surface area contributed by atoms with Crippen molar-refractivity contribution in [3.8, 4) is 0 Å². The van der Waals surface area contributed by atoms with Gasteiger partial charge in [-0.05, 0) is 19.1 Å². The Labute approximate surface area is 92.7 Å². The van der Waals surface area contributed by atoms with Gasteiger partial charge in [0.15, 0.2) is 5.82 Å². The number of fused-ring (bicyclic) bond motifs is 1. The average molecular weight is 219 g/mol. The fourth-order valence-corrected chi connectivity index (χ4v) is 1.67. The Morgan fingerprint density at radius 3 is 3.00 bits per heavy atom. The molecule has 2 rings (SSSR count). The van der Waals surface area contributed by atoms with Gasteiger partial charge in [-0.1, -0.05) is 11.6 Å². The van der Waals surface area contributed by atoms with Gasteiger partial charge < -0.3 is 10.4 Å². The molecule has 0 saturated carbocycles. The van der Waals surface area contributed by atoms with Gasteiger partial charge in [0.25, 0.3) is 0 Å². The van der Waals surface area contributed by atoms with E-state index in [1.165, 1.54) is 0 Å². The van der Waals surface area contributed by atoms with Crippen LogP contribution in [-0.4, -0.2) is 27.4 Å². The van der Waals surface area contributed by atoms with Crippen LogP contribution in [0.2, 0.25) is 0 Å². The molecule has 5 nitrogen and oxygen atoms in total. The molecular weight excluding hydrogens is 206 g/mol. The lowest BCUT2D eigenvalue weighted by molar-refractivity contribution is -0.134. The van der Waals surface area contributed by atoms with E-state index >= 15 is 0 Å². The quantitative estimate of drug-likeness (QED) is 0.818. The number of anilines is 1. The van der Waals surface area contributed by atoms with Crippen LogP contribution in [0.4, 0.5) is 5.82 Å². The number of aromatic nitrogens is 2. The number of benzene rings is 1. The van der Waals surface area contributed by atoms with Crippen LogP contribution in [0.25, 0.3) is 10.9 Å². The molecule has 2 N–H and O–H groups in total. The summed E-state index contributed by atoms with van der Waals surface area (Å²) in [6, 6.07) is 5.97. The minimum absolute atomic E-state index is 0.125. The molecule has 0 aliphatic carbocycles. The zero-order chi connectivity index (χ0) is 11.7. The second-order valence-electron chi connectivity index (χ2n) is 3.74. The molecule has 1 aromatic heterocycles. The lowest BCUT2D eigenvalue weighted by Crippen LogP contribution is -2.12. The van der Waals surface area contributed by atoms with E-state index in [9.17, 15) is 4.79 Å². The van der Waals surface area contributed by atoms with Crippen LogP contribution >= 0.6 is 0 Å². The standard InChI is InChI=1S/C11H13N3O2/c1-7-3-4-9-8(5-7)11(13-14(9)2)12-6-10(15)16/h3-5H,6H2,1-2H3,(H,12,13)(H,15,16). The molecule has 1 aromatic carbocycles. The van der Waals surface area contributed by atoms with Gasteiger partial charge in [-0.2, -0.15) is 5.10 Å². The van der Waals surface area contributed by atoms with Crippen LogP contribution in [0.15, 0.2) is 18.2 Å². The Morgan fingerprint density at radius 1 is 1.56 bits per heavy atom. The lowest BCUT2D eigenvalue weighted by Gasteiger charge is -1.99. The SMILES string of the molecule is Cc1ccc2c(c1)c(NCC(=O)O)nn2C. The predicted molar refractivity (Wildman–Crippen MR) is 61.6 cm³/mol. The zero-order valence-corrected chi connectivity index (χ0v) is 9.19. The molecule has 0 atom stereocenters. The summed E-state index contributed by atoms with van der Waals surface area (Å²) in [4.78, 5) is 10.5. The Kier molecular flexibility index (Phi) is 2.52. The van der Waals surface area contributed by atoms with Crippen LogP contribution in [0.1, 0.15) is 5.56 Å². The van der Waals surface area contributed by atoms with Crippen LogP contribution < -0.4 is 5.32 Å². The van der Waals surface area contributed by atoms with Gasteiger partial charge in [0.05, 0.1) is 5.52 Å². The largest absolute Gasteiger partial charge is 0.480 e. The fraction of sp³-hybridized carbons (Fsp3) is 0.273. The number of hydrogen-bond acceptors (Lipinski definition) is 3. The third-order valence-corrected chi connectivity index (χ3v) is 2.41. The van der Waals surface area contributed by atoms with Crippen molar-refractivity contribution in [1.82, 2.24) is 9.78 Å². The number of aliphatic carboxylic acids is 1. The smallest absolute Gasteiger partial charge is 0.322 e. The number of carboxylic acid groups (broad SMARTS) is 1. The molecule has 0 spiro atoms. The van der Waals surface area contributed by atoms with Crippen LogP contribution in [0.5, 0.6) is 0 Å². The van der Waals surface area contributed by atoms with Crippen molar-refractivity contribution in [2.75, 3.05) is 11.9 Å². The number of carboxylic acids is 1. The van der Waals surface area contributed by atoms with Crippen LogP contribution in [-0.2, 0) is 11.8 Å². The summed E-state index contributed by atoms with van der Waals surface area (Å²) in [5, 5.41) is 16.6. The first kappa shape index (κ1) is 10.5. The maximum atomic E-state index is 10.5. The van der Waals surface area contributed by atoms with Crippen molar-refractivity contribution in [3.05, 3.63) is 23.8 Å². The number of hydrogen-bond donors (Lipinski definition) is 2. The van der Waals surface area contributed by atoms with Crippen LogP contribution in [0.3, 0.4) is 0 Å².